The van der Waals surface area contributed by atoms with Crippen LogP contribution < -0.4 is 0 Å². The number of hydrogen-bond acceptors (Lipinski definition) is 0. The Morgan fingerprint density at radius 1 is 1.15 bits per heavy atom. The smallest absolute Gasteiger partial charge is 0.171 e. The fourth-order valence-electron chi connectivity index (χ4n) is 1.54. The van der Waals surface area contributed by atoms with Gasteiger partial charge in [0.05, 0.1) is 5.92 Å². The molecule has 3 heteroatoms. The topological polar surface area (TPSA) is 0 Å². The van der Waals surface area contributed by atoms with Gasteiger partial charge in [-0.2, -0.15) is 13.2 Å². The molecule has 2 unspecified atom stereocenters. The largest absolute Gasteiger partial charge is 0.391 e. The monoisotopic (exact) mass is 196 g/mol. The Morgan fingerprint density at radius 3 is 2.00 bits per heavy atom. The highest BCUT2D eigenvalue weighted by molar-refractivity contribution is 4.71. The number of alkyl halides is 3. The molecule has 0 bridgehead atoms. The summed E-state index contributed by atoms with van der Waals surface area (Å²) >= 11 is 0. The molecule has 80 valence electrons. The molecule has 0 saturated carbocycles. The second-order valence-electron chi connectivity index (χ2n) is 3.64. The van der Waals surface area contributed by atoms with Gasteiger partial charge in [0.15, 0.2) is 0 Å². The minimum atomic E-state index is -4.02. The number of hydrogen-bond donors (Lipinski definition) is 0. The average molecular weight is 196 g/mol. The van der Waals surface area contributed by atoms with Gasteiger partial charge in [0.1, 0.15) is 0 Å². The molecule has 2 atom stereocenters. The molecule has 0 aliphatic rings. The van der Waals surface area contributed by atoms with Crippen LogP contribution in [0.4, 0.5) is 13.2 Å². The van der Waals surface area contributed by atoms with Crippen molar-refractivity contribution in [2.45, 2.75) is 52.6 Å². The molecule has 0 nitrogen and oxygen atoms in total. The van der Waals surface area contributed by atoms with Gasteiger partial charge in [-0.25, -0.2) is 0 Å². The first kappa shape index (κ1) is 12.8. The first-order valence-corrected chi connectivity index (χ1v) is 5.00. The molecule has 0 radical (unpaired) electrons. The molecule has 0 aromatic heterocycles. The van der Waals surface area contributed by atoms with Crippen molar-refractivity contribution in [3.8, 4) is 0 Å². The van der Waals surface area contributed by atoms with Gasteiger partial charge < -0.3 is 0 Å². The first-order valence-electron chi connectivity index (χ1n) is 5.00. The van der Waals surface area contributed by atoms with Crippen molar-refractivity contribution in [2.24, 2.45) is 11.8 Å². The molecule has 13 heavy (non-hydrogen) atoms. The van der Waals surface area contributed by atoms with E-state index in [0.717, 1.165) is 12.8 Å². The van der Waals surface area contributed by atoms with Crippen LogP contribution in [0.1, 0.15) is 46.5 Å². The molecule has 0 N–H and O–H groups in total. The summed E-state index contributed by atoms with van der Waals surface area (Å²) < 4.78 is 36.9. The molecule has 0 fully saturated rings. The Labute approximate surface area is 78.5 Å². The summed E-state index contributed by atoms with van der Waals surface area (Å²) in [4.78, 5) is 0. The second-order valence-corrected chi connectivity index (χ2v) is 3.64. The zero-order valence-corrected chi connectivity index (χ0v) is 8.62. The molecule has 0 aromatic carbocycles. The normalized spacial score (nSPS) is 17.1. The molecule has 0 spiro atoms. The van der Waals surface area contributed by atoms with Gasteiger partial charge in [-0.15, -0.1) is 0 Å². The van der Waals surface area contributed by atoms with Crippen molar-refractivity contribution < 1.29 is 13.2 Å². The van der Waals surface area contributed by atoms with Crippen LogP contribution in [0.2, 0.25) is 0 Å². The van der Waals surface area contributed by atoms with Gasteiger partial charge in [0.25, 0.3) is 0 Å². The maximum atomic E-state index is 12.3. The van der Waals surface area contributed by atoms with Crippen LogP contribution in [0.3, 0.4) is 0 Å². The van der Waals surface area contributed by atoms with Crippen LogP contribution in [-0.4, -0.2) is 6.18 Å². The second kappa shape index (κ2) is 5.51. The minimum Gasteiger partial charge on any atom is -0.171 e. The first-order chi connectivity index (χ1) is 5.93. The fraction of sp³-hybridized carbons (Fsp3) is 1.00. The SMILES string of the molecule is CCCCC(CC)C(C)C(F)(F)F. The van der Waals surface area contributed by atoms with Gasteiger partial charge in [-0.1, -0.05) is 40.0 Å². The lowest BCUT2D eigenvalue weighted by molar-refractivity contribution is -0.184. The van der Waals surface area contributed by atoms with Crippen LogP contribution in [-0.2, 0) is 0 Å². The summed E-state index contributed by atoms with van der Waals surface area (Å²) in [6.07, 6.45) is -0.817. The highest BCUT2D eigenvalue weighted by Crippen LogP contribution is 2.35. The molecular weight excluding hydrogens is 177 g/mol. The third-order valence-electron chi connectivity index (χ3n) is 2.68. The molecule has 0 heterocycles. The molecular formula is C10H19F3. The summed E-state index contributed by atoms with van der Waals surface area (Å²) in [6.45, 7) is 5.14. The number of rotatable bonds is 5. The van der Waals surface area contributed by atoms with Crippen molar-refractivity contribution in [1.82, 2.24) is 0 Å². The standard InChI is InChI=1S/C10H19F3/c1-4-6-7-9(5-2)8(3)10(11,12)13/h8-9H,4-7H2,1-3H3. The minimum absolute atomic E-state index is 0.194. The van der Waals surface area contributed by atoms with E-state index in [-0.39, 0.29) is 5.92 Å². The van der Waals surface area contributed by atoms with Crippen molar-refractivity contribution in [1.29, 1.82) is 0 Å². The molecule has 0 aromatic rings. The van der Waals surface area contributed by atoms with Gasteiger partial charge in [0, 0.05) is 0 Å². The van der Waals surface area contributed by atoms with Crippen molar-refractivity contribution >= 4 is 0 Å². The number of unbranched alkanes of at least 4 members (excludes halogenated alkanes) is 1. The van der Waals surface area contributed by atoms with Crippen LogP contribution in [0.25, 0.3) is 0 Å². The number of halogens is 3. The van der Waals surface area contributed by atoms with Crippen molar-refractivity contribution in [3.05, 3.63) is 0 Å². The summed E-state index contributed by atoms with van der Waals surface area (Å²) in [5, 5.41) is 0. The lowest BCUT2D eigenvalue weighted by atomic mass is 9.87. The van der Waals surface area contributed by atoms with Crippen LogP contribution in [0.15, 0.2) is 0 Å². The Kier molecular flexibility index (Phi) is 5.42. The Morgan fingerprint density at radius 2 is 1.69 bits per heavy atom. The van der Waals surface area contributed by atoms with E-state index in [0.29, 0.717) is 12.8 Å². The maximum absolute atomic E-state index is 12.3. The van der Waals surface area contributed by atoms with Crippen LogP contribution in [0, 0.1) is 11.8 Å². The molecule has 0 saturated heterocycles. The van der Waals surface area contributed by atoms with E-state index in [9.17, 15) is 13.2 Å². The van der Waals surface area contributed by atoms with Gasteiger partial charge in [-0.05, 0) is 12.3 Å². The predicted molar refractivity (Wildman–Crippen MR) is 48.5 cm³/mol. The molecule has 0 aliphatic heterocycles. The molecule has 0 rings (SSSR count). The lowest BCUT2D eigenvalue weighted by Crippen LogP contribution is -2.27. The van der Waals surface area contributed by atoms with E-state index in [4.69, 9.17) is 0 Å². The van der Waals surface area contributed by atoms with Gasteiger partial charge >= 0.3 is 6.18 Å². The predicted octanol–water partition coefficient (Wildman–Crippen LogP) is 4.40. The lowest BCUT2D eigenvalue weighted by Gasteiger charge is -2.24. The summed E-state index contributed by atoms with van der Waals surface area (Å²) in [5.74, 6) is -1.34. The quantitative estimate of drug-likeness (QED) is 0.611. The van der Waals surface area contributed by atoms with Crippen LogP contribution in [0.5, 0.6) is 0 Å². The van der Waals surface area contributed by atoms with E-state index in [1.807, 2.05) is 13.8 Å². The summed E-state index contributed by atoms with van der Waals surface area (Å²) in [5.41, 5.74) is 0. The van der Waals surface area contributed by atoms with Crippen molar-refractivity contribution in [2.75, 3.05) is 0 Å². The van der Waals surface area contributed by atoms with E-state index >= 15 is 0 Å². The maximum Gasteiger partial charge on any atom is 0.391 e. The fourth-order valence-corrected chi connectivity index (χ4v) is 1.54. The molecule has 0 aliphatic carbocycles. The van der Waals surface area contributed by atoms with E-state index in [1.54, 1.807) is 0 Å². The van der Waals surface area contributed by atoms with E-state index in [2.05, 4.69) is 0 Å². The summed E-state index contributed by atoms with van der Waals surface area (Å²) in [7, 11) is 0. The Hall–Kier alpha value is -0.210. The zero-order valence-electron chi connectivity index (χ0n) is 8.62. The van der Waals surface area contributed by atoms with Gasteiger partial charge in [-0.3, -0.25) is 0 Å². The highest BCUT2D eigenvalue weighted by atomic mass is 19.4. The third kappa shape index (κ3) is 4.53. The van der Waals surface area contributed by atoms with E-state index < -0.39 is 12.1 Å². The average Bonchev–Trinajstić information content (AvgIpc) is 2.04. The summed E-state index contributed by atoms with van der Waals surface area (Å²) in [6, 6.07) is 0. The zero-order chi connectivity index (χ0) is 10.5. The van der Waals surface area contributed by atoms with E-state index in [1.165, 1.54) is 6.92 Å². The van der Waals surface area contributed by atoms with Crippen LogP contribution >= 0.6 is 0 Å². The highest BCUT2D eigenvalue weighted by Gasteiger charge is 2.39. The van der Waals surface area contributed by atoms with Crippen molar-refractivity contribution in [3.63, 3.8) is 0 Å². The third-order valence-corrected chi connectivity index (χ3v) is 2.68. The Bertz CT molecular complexity index is 129. The van der Waals surface area contributed by atoms with Gasteiger partial charge in [0.2, 0.25) is 0 Å². The molecule has 0 amide bonds. The Balaban J connectivity index is 4.07.